The summed E-state index contributed by atoms with van der Waals surface area (Å²) in [7, 11) is 0. The molecule has 0 aromatic heterocycles. The number of ether oxygens (including phenoxy) is 4. The second kappa shape index (κ2) is 12.9. The molecule has 2 aromatic rings. The van der Waals surface area contributed by atoms with Gasteiger partial charge in [-0.05, 0) is 70.2 Å². The van der Waals surface area contributed by atoms with Gasteiger partial charge in [0.05, 0.1) is 19.8 Å². The van der Waals surface area contributed by atoms with Crippen LogP contribution in [0.3, 0.4) is 0 Å². The Morgan fingerprint density at radius 1 is 0.848 bits per heavy atom. The predicted octanol–water partition coefficient (Wildman–Crippen LogP) is 3.18. The first kappa shape index (κ1) is 25.5. The van der Waals surface area contributed by atoms with E-state index in [1.807, 2.05) is 20.8 Å². The van der Waals surface area contributed by atoms with E-state index < -0.39 is 30.4 Å². The van der Waals surface area contributed by atoms with Crippen molar-refractivity contribution < 1.29 is 33.3 Å². The lowest BCUT2D eigenvalue weighted by molar-refractivity contribution is -0.152. The zero-order valence-corrected chi connectivity index (χ0v) is 19.3. The third-order valence-corrected chi connectivity index (χ3v) is 4.31. The van der Waals surface area contributed by atoms with Crippen LogP contribution in [-0.2, 0) is 14.3 Å². The molecule has 178 valence electrons. The largest absolute Gasteiger partial charge is 0.494 e. The molecule has 9 nitrogen and oxygen atoms in total. The third-order valence-electron chi connectivity index (χ3n) is 4.31. The maximum atomic E-state index is 12.4. The van der Waals surface area contributed by atoms with Crippen LogP contribution in [-0.4, -0.2) is 50.3 Å². The number of esters is 1. The maximum absolute atomic E-state index is 12.4. The Morgan fingerprint density at radius 3 is 2.12 bits per heavy atom. The van der Waals surface area contributed by atoms with E-state index in [0.29, 0.717) is 48.3 Å². The molecule has 2 aromatic carbocycles. The minimum absolute atomic E-state index is 0.302. The molecule has 0 aliphatic rings. The SMILES string of the molecule is CCOc1ccc(NC(=O)C(C)OC(=O)CNC(=O)c2ccc(OCC)c(OCC)c2)cc1. The van der Waals surface area contributed by atoms with Crippen LogP contribution in [0.2, 0.25) is 0 Å². The normalized spacial score (nSPS) is 11.2. The van der Waals surface area contributed by atoms with Crippen LogP contribution >= 0.6 is 0 Å². The summed E-state index contributed by atoms with van der Waals surface area (Å²) in [4.78, 5) is 36.8. The van der Waals surface area contributed by atoms with E-state index in [-0.39, 0.29) is 0 Å². The lowest BCUT2D eigenvalue weighted by Gasteiger charge is -2.15. The van der Waals surface area contributed by atoms with Crippen LogP contribution in [0.15, 0.2) is 42.5 Å². The zero-order valence-electron chi connectivity index (χ0n) is 19.3. The van der Waals surface area contributed by atoms with Gasteiger partial charge < -0.3 is 29.6 Å². The van der Waals surface area contributed by atoms with E-state index in [2.05, 4.69) is 10.6 Å². The van der Waals surface area contributed by atoms with Crippen molar-refractivity contribution in [3.8, 4) is 17.2 Å². The van der Waals surface area contributed by atoms with Gasteiger partial charge in [0.1, 0.15) is 12.3 Å². The van der Waals surface area contributed by atoms with Crippen LogP contribution in [0, 0.1) is 0 Å². The number of benzene rings is 2. The Bertz CT molecular complexity index is 944. The molecule has 0 aliphatic heterocycles. The van der Waals surface area contributed by atoms with Gasteiger partial charge in [-0.15, -0.1) is 0 Å². The van der Waals surface area contributed by atoms with Crippen molar-refractivity contribution in [3.05, 3.63) is 48.0 Å². The molecule has 0 spiro atoms. The van der Waals surface area contributed by atoms with Gasteiger partial charge in [0.25, 0.3) is 11.8 Å². The highest BCUT2D eigenvalue weighted by Gasteiger charge is 2.19. The number of rotatable bonds is 12. The van der Waals surface area contributed by atoms with Crippen molar-refractivity contribution in [3.63, 3.8) is 0 Å². The van der Waals surface area contributed by atoms with Gasteiger partial charge in [-0.3, -0.25) is 14.4 Å². The lowest BCUT2D eigenvalue weighted by atomic mass is 10.2. The summed E-state index contributed by atoms with van der Waals surface area (Å²) in [6.07, 6.45) is -1.05. The van der Waals surface area contributed by atoms with Crippen molar-refractivity contribution in [1.29, 1.82) is 0 Å². The molecule has 9 heteroatoms. The Labute approximate surface area is 193 Å². The summed E-state index contributed by atoms with van der Waals surface area (Å²) in [5.41, 5.74) is 0.844. The molecule has 0 saturated carbocycles. The quantitative estimate of drug-likeness (QED) is 0.470. The van der Waals surface area contributed by atoms with Crippen molar-refractivity contribution in [2.24, 2.45) is 0 Å². The van der Waals surface area contributed by atoms with Crippen molar-refractivity contribution in [2.45, 2.75) is 33.8 Å². The van der Waals surface area contributed by atoms with E-state index in [4.69, 9.17) is 18.9 Å². The second-order valence-corrected chi connectivity index (χ2v) is 6.79. The van der Waals surface area contributed by atoms with Gasteiger partial charge in [0, 0.05) is 11.3 Å². The minimum atomic E-state index is -1.05. The van der Waals surface area contributed by atoms with Gasteiger partial charge in [-0.1, -0.05) is 0 Å². The van der Waals surface area contributed by atoms with Crippen molar-refractivity contribution in [1.82, 2.24) is 5.32 Å². The number of hydrogen-bond acceptors (Lipinski definition) is 7. The number of anilines is 1. The Hall–Kier alpha value is -3.75. The van der Waals surface area contributed by atoms with Crippen molar-refractivity contribution in [2.75, 3.05) is 31.7 Å². The van der Waals surface area contributed by atoms with Gasteiger partial charge in [0.2, 0.25) is 0 Å². The number of carbonyl (C=O) groups is 3. The van der Waals surface area contributed by atoms with Crippen LogP contribution in [0.1, 0.15) is 38.1 Å². The number of amides is 2. The highest BCUT2D eigenvalue weighted by atomic mass is 16.5. The highest BCUT2D eigenvalue weighted by Crippen LogP contribution is 2.28. The summed E-state index contributed by atoms with van der Waals surface area (Å²) in [6.45, 7) is 8.02. The first-order valence-electron chi connectivity index (χ1n) is 10.8. The molecule has 2 amide bonds. The molecule has 0 radical (unpaired) electrons. The molecule has 0 saturated heterocycles. The van der Waals surface area contributed by atoms with E-state index >= 15 is 0 Å². The van der Waals surface area contributed by atoms with Gasteiger partial charge >= 0.3 is 5.97 Å². The first-order chi connectivity index (χ1) is 15.9. The van der Waals surface area contributed by atoms with Gasteiger partial charge in [-0.25, -0.2) is 0 Å². The molecule has 2 rings (SSSR count). The summed E-state index contributed by atoms with van der Waals surface area (Å²) < 4.78 is 21.4. The maximum Gasteiger partial charge on any atom is 0.326 e. The third kappa shape index (κ3) is 8.03. The molecule has 0 aliphatic carbocycles. The summed E-state index contributed by atoms with van der Waals surface area (Å²) in [6, 6.07) is 11.6. The topological polar surface area (TPSA) is 112 Å². The van der Waals surface area contributed by atoms with Crippen LogP contribution < -0.4 is 24.8 Å². The molecular formula is C24H30N2O7. The minimum Gasteiger partial charge on any atom is -0.494 e. The Kier molecular flexibility index (Phi) is 10.0. The number of carbonyl (C=O) groups excluding carboxylic acids is 3. The highest BCUT2D eigenvalue weighted by molar-refractivity contribution is 5.97. The molecule has 2 N–H and O–H groups in total. The molecule has 33 heavy (non-hydrogen) atoms. The van der Waals surface area contributed by atoms with Crippen LogP contribution in [0.5, 0.6) is 17.2 Å². The molecular weight excluding hydrogens is 428 g/mol. The van der Waals surface area contributed by atoms with E-state index in [1.165, 1.54) is 6.92 Å². The fraction of sp³-hybridized carbons (Fsp3) is 0.375. The van der Waals surface area contributed by atoms with Crippen LogP contribution in [0.4, 0.5) is 5.69 Å². The first-order valence-corrected chi connectivity index (χ1v) is 10.8. The molecule has 1 unspecified atom stereocenters. The molecule has 0 bridgehead atoms. The van der Waals surface area contributed by atoms with E-state index in [1.54, 1.807) is 42.5 Å². The standard InChI is InChI=1S/C24H30N2O7/c1-5-30-19-11-9-18(10-12-19)26-23(28)16(4)33-22(27)15-25-24(29)17-8-13-20(31-6-2)21(14-17)32-7-3/h8-14,16H,5-7,15H2,1-4H3,(H,25,29)(H,26,28). The zero-order chi connectivity index (χ0) is 24.2. The lowest BCUT2D eigenvalue weighted by Crippen LogP contribution is -2.35. The fourth-order valence-electron chi connectivity index (χ4n) is 2.78. The van der Waals surface area contributed by atoms with Crippen LogP contribution in [0.25, 0.3) is 0 Å². The molecule has 0 fully saturated rings. The second-order valence-electron chi connectivity index (χ2n) is 6.79. The number of hydrogen-bond donors (Lipinski definition) is 2. The molecule has 1 atom stereocenters. The molecule has 0 heterocycles. The smallest absolute Gasteiger partial charge is 0.326 e. The van der Waals surface area contributed by atoms with Crippen molar-refractivity contribution >= 4 is 23.5 Å². The monoisotopic (exact) mass is 458 g/mol. The predicted molar refractivity (Wildman–Crippen MR) is 123 cm³/mol. The Balaban J connectivity index is 1.85. The van der Waals surface area contributed by atoms with E-state index in [9.17, 15) is 14.4 Å². The van der Waals surface area contributed by atoms with Gasteiger partial charge in [-0.2, -0.15) is 0 Å². The summed E-state index contributed by atoms with van der Waals surface area (Å²) in [5, 5.41) is 5.13. The summed E-state index contributed by atoms with van der Waals surface area (Å²) in [5.74, 6) is -0.0636. The average molecular weight is 459 g/mol. The summed E-state index contributed by atoms with van der Waals surface area (Å²) >= 11 is 0. The average Bonchev–Trinajstić information content (AvgIpc) is 2.80. The fourth-order valence-corrected chi connectivity index (χ4v) is 2.78. The Morgan fingerprint density at radius 2 is 1.48 bits per heavy atom. The van der Waals surface area contributed by atoms with Gasteiger partial charge in [0.15, 0.2) is 17.6 Å². The van der Waals surface area contributed by atoms with E-state index in [0.717, 1.165) is 0 Å². The number of nitrogens with one attached hydrogen (secondary N) is 2.